The van der Waals surface area contributed by atoms with Gasteiger partial charge in [0.15, 0.2) is 0 Å². The molecule has 1 unspecified atom stereocenters. The van der Waals surface area contributed by atoms with E-state index >= 15 is 0 Å². The second kappa shape index (κ2) is 5.16. The first kappa shape index (κ1) is 13.2. The molecule has 1 atom stereocenters. The van der Waals surface area contributed by atoms with Crippen LogP contribution in [0.5, 0.6) is 5.75 Å². The number of sulfonamides is 1. The van der Waals surface area contributed by atoms with E-state index in [-0.39, 0.29) is 0 Å². The van der Waals surface area contributed by atoms with Gasteiger partial charge < -0.3 is 10.1 Å². The minimum Gasteiger partial charge on any atom is -0.497 e. The maximum Gasteiger partial charge on any atom is 0.239 e. The van der Waals surface area contributed by atoms with Gasteiger partial charge in [0.1, 0.15) is 5.75 Å². The van der Waals surface area contributed by atoms with Crippen LogP contribution < -0.4 is 14.4 Å². The second-order valence-electron chi connectivity index (χ2n) is 4.33. The van der Waals surface area contributed by atoms with Gasteiger partial charge in [-0.2, -0.15) is 0 Å². The standard InChI is InChI=1S/C12H18N2O3S/c1-10-9-13-6-7-14(18(10,15)16)11-4-3-5-12(8-11)17-2/h3-5,8,10,13H,6-7,9H2,1-2H3. The highest BCUT2D eigenvalue weighted by Gasteiger charge is 2.31. The average molecular weight is 270 g/mol. The molecule has 0 spiro atoms. The van der Waals surface area contributed by atoms with Crippen molar-refractivity contribution in [2.75, 3.05) is 31.0 Å². The zero-order valence-corrected chi connectivity index (χ0v) is 11.4. The molecule has 0 aromatic heterocycles. The second-order valence-corrected chi connectivity index (χ2v) is 6.61. The molecule has 0 saturated carbocycles. The predicted molar refractivity (Wildman–Crippen MR) is 71.6 cm³/mol. The number of nitrogens with zero attached hydrogens (tertiary/aromatic N) is 1. The third-order valence-corrected chi connectivity index (χ3v) is 5.27. The van der Waals surface area contributed by atoms with E-state index < -0.39 is 15.3 Å². The topological polar surface area (TPSA) is 58.6 Å². The van der Waals surface area contributed by atoms with Crippen molar-refractivity contribution in [3.05, 3.63) is 24.3 Å². The number of nitrogens with one attached hydrogen (secondary N) is 1. The molecule has 6 heteroatoms. The van der Waals surface area contributed by atoms with Crippen LogP contribution in [0, 0.1) is 0 Å². The summed E-state index contributed by atoms with van der Waals surface area (Å²) >= 11 is 0. The van der Waals surface area contributed by atoms with Crippen LogP contribution in [0.2, 0.25) is 0 Å². The fraction of sp³-hybridized carbons (Fsp3) is 0.500. The molecule has 100 valence electrons. The van der Waals surface area contributed by atoms with Gasteiger partial charge in [-0.05, 0) is 19.1 Å². The van der Waals surface area contributed by atoms with Gasteiger partial charge in [-0.25, -0.2) is 8.42 Å². The molecule has 1 heterocycles. The number of methoxy groups -OCH3 is 1. The van der Waals surface area contributed by atoms with Gasteiger partial charge in [-0.3, -0.25) is 4.31 Å². The summed E-state index contributed by atoms with van der Waals surface area (Å²) < 4.78 is 31.3. The zero-order valence-electron chi connectivity index (χ0n) is 10.6. The summed E-state index contributed by atoms with van der Waals surface area (Å²) in [6, 6.07) is 7.13. The largest absolute Gasteiger partial charge is 0.497 e. The molecule has 1 aromatic rings. The Labute approximate surface area is 108 Å². The maximum absolute atomic E-state index is 12.4. The van der Waals surface area contributed by atoms with Crippen LogP contribution >= 0.6 is 0 Å². The van der Waals surface area contributed by atoms with Crippen molar-refractivity contribution in [2.24, 2.45) is 0 Å². The Kier molecular flexibility index (Phi) is 3.77. The minimum absolute atomic E-state index is 0.425. The number of hydrogen-bond donors (Lipinski definition) is 1. The molecule has 0 bridgehead atoms. The fourth-order valence-corrected chi connectivity index (χ4v) is 3.49. The van der Waals surface area contributed by atoms with Crippen molar-refractivity contribution in [1.29, 1.82) is 0 Å². The fourth-order valence-electron chi connectivity index (χ4n) is 1.98. The summed E-state index contributed by atoms with van der Waals surface area (Å²) in [5.74, 6) is 0.660. The van der Waals surface area contributed by atoms with Gasteiger partial charge in [0.2, 0.25) is 10.0 Å². The van der Waals surface area contributed by atoms with E-state index in [0.717, 1.165) is 0 Å². The summed E-state index contributed by atoms with van der Waals surface area (Å²) in [6.45, 7) is 3.31. The molecule has 2 rings (SSSR count). The molecule has 1 aliphatic rings. The Morgan fingerprint density at radius 1 is 1.44 bits per heavy atom. The smallest absolute Gasteiger partial charge is 0.239 e. The van der Waals surface area contributed by atoms with Crippen molar-refractivity contribution >= 4 is 15.7 Å². The summed E-state index contributed by atoms with van der Waals surface area (Å²) in [6.07, 6.45) is 0. The normalized spacial score (nSPS) is 23.4. The molecule has 0 radical (unpaired) electrons. The van der Waals surface area contributed by atoms with E-state index in [1.54, 1.807) is 38.3 Å². The number of benzene rings is 1. The predicted octanol–water partition coefficient (Wildman–Crippen LogP) is 0.823. The van der Waals surface area contributed by atoms with Crippen molar-refractivity contribution in [3.8, 4) is 5.75 Å². The SMILES string of the molecule is COc1cccc(N2CCNCC(C)S2(=O)=O)c1. The average Bonchev–Trinajstić information content (AvgIpc) is 2.50. The van der Waals surface area contributed by atoms with Gasteiger partial charge >= 0.3 is 0 Å². The molecular formula is C12H18N2O3S. The van der Waals surface area contributed by atoms with Crippen LogP contribution in [-0.2, 0) is 10.0 Å². The molecule has 5 nitrogen and oxygen atoms in total. The van der Waals surface area contributed by atoms with E-state index in [9.17, 15) is 8.42 Å². The Bertz CT molecular complexity index is 516. The van der Waals surface area contributed by atoms with Crippen LogP contribution in [-0.4, -0.2) is 40.4 Å². The van der Waals surface area contributed by atoms with E-state index in [2.05, 4.69) is 5.32 Å². The molecular weight excluding hydrogens is 252 g/mol. The van der Waals surface area contributed by atoms with Crippen molar-refractivity contribution in [2.45, 2.75) is 12.2 Å². The van der Waals surface area contributed by atoms with Crippen LogP contribution in [0.4, 0.5) is 5.69 Å². The number of anilines is 1. The van der Waals surface area contributed by atoms with Gasteiger partial charge in [-0.15, -0.1) is 0 Å². The monoisotopic (exact) mass is 270 g/mol. The first-order chi connectivity index (χ1) is 8.55. The Hall–Kier alpha value is -1.27. The van der Waals surface area contributed by atoms with Gasteiger partial charge in [-0.1, -0.05) is 6.07 Å². The molecule has 1 aromatic carbocycles. The molecule has 18 heavy (non-hydrogen) atoms. The summed E-state index contributed by atoms with van der Waals surface area (Å²) in [7, 11) is -1.73. The Morgan fingerprint density at radius 2 is 2.22 bits per heavy atom. The molecule has 1 N–H and O–H groups in total. The molecule has 0 amide bonds. The van der Waals surface area contributed by atoms with Crippen LogP contribution in [0.1, 0.15) is 6.92 Å². The summed E-state index contributed by atoms with van der Waals surface area (Å²) in [5.41, 5.74) is 0.657. The number of rotatable bonds is 2. The first-order valence-electron chi connectivity index (χ1n) is 5.92. The molecule has 1 fully saturated rings. The lowest BCUT2D eigenvalue weighted by Crippen LogP contribution is -2.37. The number of hydrogen-bond acceptors (Lipinski definition) is 4. The molecule has 1 aliphatic heterocycles. The molecule has 1 saturated heterocycles. The Balaban J connectivity index is 2.40. The van der Waals surface area contributed by atoms with Crippen LogP contribution in [0.25, 0.3) is 0 Å². The summed E-state index contributed by atoms with van der Waals surface area (Å²) in [5, 5.41) is 2.70. The van der Waals surface area contributed by atoms with Crippen molar-refractivity contribution < 1.29 is 13.2 Å². The third kappa shape index (κ3) is 2.44. The minimum atomic E-state index is -3.30. The lowest BCUT2D eigenvalue weighted by molar-refractivity contribution is 0.415. The van der Waals surface area contributed by atoms with Gasteiger partial charge in [0, 0.05) is 25.7 Å². The quantitative estimate of drug-likeness (QED) is 0.864. The summed E-state index contributed by atoms with van der Waals surface area (Å²) in [4.78, 5) is 0. The van der Waals surface area contributed by atoms with Crippen LogP contribution in [0.15, 0.2) is 24.3 Å². The number of ether oxygens (including phenoxy) is 1. The lowest BCUT2D eigenvalue weighted by atomic mass is 10.3. The zero-order chi connectivity index (χ0) is 13.2. The van der Waals surface area contributed by atoms with Crippen molar-refractivity contribution in [1.82, 2.24) is 5.32 Å². The lowest BCUT2D eigenvalue weighted by Gasteiger charge is -2.24. The Morgan fingerprint density at radius 3 is 2.94 bits per heavy atom. The van der Waals surface area contributed by atoms with E-state index in [0.29, 0.717) is 31.1 Å². The third-order valence-electron chi connectivity index (χ3n) is 3.08. The highest BCUT2D eigenvalue weighted by atomic mass is 32.2. The van der Waals surface area contributed by atoms with Gasteiger partial charge in [0.05, 0.1) is 18.0 Å². The van der Waals surface area contributed by atoms with Crippen molar-refractivity contribution in [3.63, 3.8) is 0 Å². The highest BCUT2D eigenvalue weighted by molar-refractivity contribution is 7.93. The maximum atomic E-state index is 12.4. The van der Waals surface area contributed by atoms with E-state index in [4.69, 9.17) is 4.74 Å². The van der Waals surface area contributed by atoms with E-state index in [1.807, 2.05) is 0 Å². The van der Waals surface area contributed by atoms with Crippen LogP contribution in [0.3, 0.4) is 0 Å². The molecule has 0 aliphatic carbocycles. The van der Waals surface area contributed by atoms with Gasteiger partial charge in [0.25, 0.3) is 0 Å². The first-order valence-corrected chi connectivity index (χ1v) is 7.42. The van der Waals surface area contributed by atoms with E-state index in [1.165, 1.54) is 4.31 Å². The highest BCUT2D eigenvalue weighted by Crippen LogP contribution is 2.25.